The fraction of sp³-hybridized carbons (Fsp3) is 0.625. The molecule has 0 aromatic carbocycles. The molecule has 0 spiro atoms. The summed E-state index contributed by atoms with van der Waals surface area (Å²) in [6.45, 7) is 10.1. The number of rotatable bonds is 12. The molecule has 25 heavy (non-hydrogen) atoms. The second-order valence-corrected chi connectivity index (χ2v) is 6.43. The SMILES string of the molecule is C=C(C)C(=O)OCC(CCCCCNSC(F)(F)F)OC(=O)C(=C)C. The van der Waals surface area contributed by atoms with Gasteiger partial charge in [0.05, 0.1) is 0 Å². The van der Waals surface area contributed by atoms with E-state index in [1.165, 1.54) is 13.8 Å². The van der Waals surface area contributed by atoms with Crippen molar-refractivity contribution in [1.29, 1.82) is 0 Å². The van der Waals surface area contributed by atoms with Gasteiger partial charge in [-0.3, -0.25) is 4.72 Å². The van der Waals surface area contributed by atoms with Gasteiger partial charge in [-0.2, -0.15) is 13.2 Å². The van der Waals surface area contributed by atoms with E-state index in [0.29, 0.717) is 25.7 Å². The van der Waals surface area contributed by atoms with E-state index in [-0.39, 0.29) is 36.2 Å². The molecule has 1 N–H and O–H groups in total. The summed E-state index contributed by atoms with van der Waals surface area (Å²) in [6.07, 6.45) is 1.58. The van der Waals surface area contributed by atoms with Crippen molar-refractivity contribution in [2.45, 2.75) is 51.1 Å². The van der Waals surface area contributed by atoms with Crippen molar-refractivity contribution in [3.63, 3.8) is 0 Å². The maximum absolute atomic E-state index is 11.9. The summed E-state index contributed by atoms with van der Waals surface area (Å²) in [5, 5.41) is 0. The number of nitrogens with one attached hydrogen (secondary N) is 1. The van der Waals surface area contributed by atoms with E-state index in [9.17, 15) is 22.8 Å². The molecule has 0 aliphatic heterocycles. The molecular formula is C16H24F3NO4S. The topological polar surface area (TPSA) is 64.6 Å². The second-order valence-electron chi connectivity index (χ2n) is 5.48. The van der Waals surface area contributed by atoms with Gasteiger partial charge in [-0.25, -0.2) is 9.59 Å². The number of unbranched alkanes of at least 4 members (excludes halogenated alkanes) is 2. The molecular weight excluding hydrogens is 359 g/mol. The molecule has 0 saturated heterocycles. The van der Waals surface area contributed by atoms with Crippen molar-refractivity contribution in [1.82, 2.24) is 4.72 Å². The molecule has 9 heteroatoms. The lowest BCUT2D eigenvalue weighted by molar-refractivity contribution is -0.154. The monoisotopic (exact) mass is 383 g/mol. The summed E-state index contributed by atoms with van der Waals surface area (Å²) in [5.41, 5.74) is -3.84. The van der Waals surface area contributed by atoms with Gasteiger partial charge in [0.2, 0.25) is 0 Å². The van der Waals surface area contributed by atoms with E-state index in [1.54, 1.807) is 0 Å². The molecule has 0 rings (SSSR count). The Kier molecular flexibility index (Phi) is 11.3. The van der Waals surface area contributed by atoms with E-state index in [0.717, 1.165) is 0 Å². The number of esters is 2. The summed E-state index contributed by atoms with van der Waals surface area (Å²) in [5.74, 6) is -1.16. The zero-order valence-corrected chi connectivity index (χ0v) is 15.2. The lowest BCUT2D eigenvalue weighted by Gasteiger charge is -2.18. The van der Waals surface area contributed by atoms with Gasteiger partial charge in [-0.1, -0.05) is 19.6 Å². The predicted molar refractivity (Wildman–Crippen MR) is 90.6 cm³/mol. The van der Waals surface area contributed by atoms with Gasteiger partial charge in [-0.05, 0) is 33.1 Å². The van der Waals surface area contributed by atoms with Crippen LogP contribution in [0.4, 0.5) is 13.2 Å². The number of carbonyl (C=O) groups excluding carboxylic acids is 2. The number of ether oxygens (including phenoxy) is 2. The van der Waals surface area contributed by atoms with Crippen molar-refractivity contribution >= 4 is 23.9 Å². The van der Waals surface area contributed by atoms with Gasteiger partial charge in [0.15, 0.2) is 0 Å². The molecule has 1 atom stereocenters. The quantitative estimate of drug-likeness (QED) is 0.239. The first kappa shape index (κ1) is 23.5. The predicted octanol–water partition coefficient (Wildman–Crippen LogP) is 3.91. The summed E-state index contributed by atoms with van der Waals surface area (Å²) in [4.78, 5) is 23.0. The molecule has 0 aliphatic rings. The van der Waals surface area contributed by atoms with E-state index in [1.807, 2.05) is 0 Å². The summed E-state index contributed by atoms with van der Waals surface area (Å²) in [6, 6.07) is 0. The largest absolute Gasteiger partial charge is 0.458 e. The smallest absolute Gasteiger partial charge is 0.456 e. The van der Waals surface area contributed by atoms with E-state index in [2.05, 4.69) is 17.9 Å². The first-order valence-corrected chi connectivity index (χ1v) is 8.51. The zero-order chi connectivity index (χ0) is 19.5. The highest BCUT2D eigenvalue weighted by atomic mass is 32.2. The molecule has 0 radical (unpaired) electrons. The number of hydrogen-bond donors (Lipinski definition) is 1. The maximum atomic E-state index is 11.9. The Morgan fingerprint density at radius 3 is 2.20 bits per heavy atom. The Labute approximate surface area is 150 Å². The fourth-order valence-electron chi connectivity index (χ4n) is 1.60. The summed E-state index contributed by atoms with van der Waals surface area (Å²) < 4.78 is 48.2. The van der Waals surface area contributed by atoms with Crippen LogP contribution in [-0.2, 0) is 19.1 Å². The van der Waals surface area contributed by atoms with Gasteiger partial charge >= 0.3 is 17.4 Å². The highest BCUT2D eigenvalue weighted by Crippen LogP contribution is 2.27. The van der Waals surface area contributed by atoms with Gasteiger partial charge < -0.3 is 9.47 Å². The molecule has 0 fully saturated rings. The Morgan fingerprint density at radius 2 is 1.68 bits per heavy atom. The third-order valence-corrected chi connectivity index (χ3v) is 3.44. The second kappa shape index (κ2) is 12.0. The van der Waals surface area contributed by atoms with Crippen molar-refractivity contribution in [3.05, 3.63) is 24.3 Å². The maximum Gasteiger partial charge on any atom is 0.456 e. The minimum Gasteiger partial charge on any atom is -0.458 e. The van der Waals surface area contributed by atoms with Crippen LogP contribution < -0.4 is 4.72 Å². The lowest BCUT2D eigenvalue weighted by atomic mass is 10.1. The average Bonchev–Trinajstić information content (AvgIpc) is 2.49. The van der Waals surface area contributed by atoms with Crippen molar-refractivity contribution < 1.29 is 32.2 Å². The third-order valence-electron chi connectivity index (χ3n) is 2.86. The van der Waals surface area contributed by atoms with Crippen molar-refractivity contribution in [3.8, 4) is 0 Å². The first-order chi connectivity index (χ1) is 11.5. The van der Waals surface area contributed by atoms with Crippen LogP contribution in [0.25, 0.3) is 0 Å². The minimum absolute atomic E-state index is 0.104. The zero-order valence-electron chi connectivity index (χ0n) is 14.4. The van der Waals surface area contributed by atoms with Crippen LogP contribution in [-0.4, -0.2) is 36.7 Å². The lowest BCUT2D eigenvalue weighted by Crippen LogP contribution is -2.26. The van der Waals surface area contributed by atoms with E-state index >= 15 is 0 Å². The molecule has 0 bridgehead atoms. The third kappa shape index (κ3) is 13.5. The van der Waals surface area contributed by atoms with Crippen LogP contribution in [0, 0.1) is 0 Å². The van der Waals surface area contributed by atoms with Gasteiger partial charge in [0.1, 0.15) is 12.7 Å². The van der Waals surface area contributed by atoms with Crippen molar-refractivity contribution in [2.24, 2.45) is 0 Å². The van der Waals surface area contributed by atoms with Crippen LogP contribution in [0.1, 0.15) is 39.5 Å². The molecule has 0 saturated carbocycles. The van der Waals surface area contributed by atoms with E-state index in [4.69, 9.17) is 9.47 Å². The Balaban J connectivity index is 4.16. The van der Waals surface area contributed by atoms with Crippen LogP contribution in [0.5, 0.6) is 0 Å². The minimum atomic E-state index is -4.30. The molecule has 0 aliphatic carbocycles. The van der Waals surface area contributed by atoms with Crippen LogP contribution in [0.15, 0.2) is 24.3 Å². The standard InChI is InChI=1S/C16H24F3NO4S/c1-11(2)14(21)23-10-13(24-15(22)12(3)4)8-6-5-7-9-20-25-16(17,18)19/h13,20H,1,3,5-10H2,2,4H3. The summed E-state index contributed by atoms with van der Waals surface area (Å²) >= 11 is -0.271. The Bertz CT molecular complexity index is 480. The van der Waals surface area contributed by atoms with Crippen LogP contribution in [0.3, 0.4) is 0 Å². The average molecular weight is 383 g/mol. The molecule has 0 aromatic heterocycles. The summed E-state index contributed by atoms with van der Waals surface area (Å²) in [7, 11) is 0. The Hall–Kier alpha value is -1.48. The van der Waals surface area contributed by atoms with E-state index < -0.39 is 23.6 Å². The van der Waals surface area contributed by atoms with Gasteiger partial charge in [0.25, 0.3) is 0 Å². The fourth-order valence-corrected chi connectivity index (χ4v) is 2.01. The van der Waals surface area contributed by atoms with Crippen LogP contribution >= 0.6 is 11.9 Å². The van der Waals surface area contributed by atoms with Gasteiger partial charge in [-0.15, -0.1) is 0 Å². The molecule has 5 nitrogen and oxygen atoms in total. The molecule has 0 amide bonds. The number of carbonyl (C=O) groups is 2. The number of halogens is 3. The molecule has 144 valence electrons. The first-order valence-electron chi connectivity index (χ1n) is 7.69. The van der Waals surface area contributed by atoms with Gasteiger partial charge in [0, 0.05) is 29.6 Å². The Morgan fingerprint density at radius 1 is 1.08 bits per heavy atom. The molecule has 0 aromatic rings. The van der Waals surface area contributed by atoms with Crippen LogP contribution in [0.2, 0.25) is 0 Å². The van der Waals surface area contributed by atoms with Crippen molar-refractivity contribution in [2.75, 3.05) is 13.2 Å². The normalized spacial score (nSPS) is 12.4. The molecule has 1 unspecified atom stereocenters. The number of hydrogen-bond acceptors (Lipinski definition) is 6. The highest BCUT2D eigenvalue weighted by Gasteiger charge is 2.28. The molecule has 0 heterocycles. The highest BCUT2D eigenvalue weighted by molar-refractivity contribution is 7.98. The number of alkyl halides is 3.